The number of aryl methyl sites for hydroxylation is 1. The number of hydrogen-bond donors (Lipinski definition) is 2. The Morgan fingerprint density at radius 2 is 2.00 bits per heavy atom. The van der Waals surface area contributed by atoms with Gasteiger partial charge in [-0.15, -0.1) is 0 Å². The van der Waals surface area contributed by atoms with Crippen LogP contribution in [-0.2, 0) is 6.54 Å². The number of halogens is 1. The Hall–Kier alpha value is -0.930. The van der Waals surface area contributed by atoms with Crippen molar-refractivity contribution >= 4 is 0 Å². The zero-order chi connectivity index (χ0) is 13.0. The quantitative estimate of drug-likeness (QED) is 0.862. The van der Waals surface area contributed by atoms with Crippen molar-refractivity contribution in [3.05, 3.63) is 35.1 Å². The van der Waals surface area contributed by atoms with Crippen molar-refractivity contribution in [3.8, 4) is 0 Å². The van der Waals surface area contributed by atoms with Gasteiger partial charge < -0.3 is 10.4 Å². The molecule has 0 spiro atoms. The fraction of sp³-hybridized carbons (Fsp3) is 0.600. The highest BCUT2D eigenvalue weighted by Crippen LogP contribution is 2.27. The van der Waals surface area contributed by atoms with E-state index < -0.39 is 5.60 Å². The topological polar surface area (TPSA) is 32.3 Å². The molecule has 100 valence electrons. The first-order valence-corrected chi connectivity index (χ1v) is 6.77. The summed E-state index contributed by atoms with van der Waals surface area (Å²) in [6.07, 6.45) is 5.20. The van der Waals surface area contributed by atoms with Crippen LogP contribution in [-0.4, -0.2) is 17.3 Å². The maximum Gasteiger partial charge on any atom is 0.126 e. The van der Waals surface area contributed by atoms with Crippen LogP contribution in [0.5, 0.6) is 0 Å². The normalized spacial score (nSPS) is 18.8. The summed E-state index contributed by atoms with van der Waals surface area (Å²) in [5, 5.41) is 13.6. The van der Waals surface area contributed by atoms with E-state index in [2.05, 4.69) is 5.32 Å². The average molecular weight is 251 g/mol. The molecule has 0 saturated heterocycles. The van der Waals surface area contributed by atoms with E-state index >= 15 is 0 Å². The van der Waals surface area contributed by atoms with Crippen molar-refractivity contribution in [1.82, 2.24) is 5.32 Å². The van der Waals surface area contributed by atoms with Crippen molar-refractivity contribution in [1.29, 1.82) is 0 Å². The molecule has 0 heterocycles. The second-order valence-corrected chi connectivity index (χ2v) is 5.47. The number of nitrogens with one attached hydrogen (secondary N) is 1. The van der Waals surface area contributed by atoms with E-state index in [4.69, 9.17) is 0 Å². The highest BCUT2D eigenvalue weighted by Gasteiger charge is 2.28. The van der Waals surface area contributed by atoms with E-state index in [1.165, 1.54) is 6.42 Å². The van der Waals surface area contributed by atoms with Crippen molar-refractivity contribution < 1.29 is 9.50 Å². The molecule has 0 atom stereocenters. The minimum Gasteiger partial charge on any atom is -0.389 e. The molecule has 2 N–H and O–H groups in total. The van der Waals surface area contributed by atoms with Gasteiger partial charge >= 0.3 is 0 Å². The molecule has 0 bridgehead atoms. The SMILES string of the molecule is Cc1ccc(CNCC2(O)CCCCC2)cc1F. The third-order valence-corrected chi connectivity index (χ3v) is 3.80. The summed E-state index contributed by atoms with van der Waals surface area (Å²) in [7, 11) is 0. The smallest absolute Gasteiger partial charge is 0.126 e. The molecule has 2 nitrogen and oxygen atoms in total. The lowest BCUT2D eigenvalue weighted by atomic mass is 9.85. The van der Waals surface area contributed by atoms with Gasteiger partial charge in [0.1, 0.15) is 5.82 Å². The molecular formula is C15H22FNO. The van der Waals surface area contributed by atoms with Crippen molar-refractivity contribution in [2.75, 3.05) is 6.54 Å². The first kappa shape index (κ1) is 13.5. The van der Waals surface area contributed by atoms with Crippen molar-refractivity contribution in [2.45, 2.75) is 51.2 Å². The molecule has 0 amide bonds. The van der Waals surface area contributed by atoms with Gasteiger partial charge in [0.25, 0.3) is 0 Å². The monoisotopic (exact) mass is 251 g/mol. The van der Waals surface area contributed by atoms with Gasteiger partial charge in [0, 0.05) is 13.1 Å². The maximum absolute atomic E-state index is 13.4. The van der Waals surface area contributed by atoms with Gasteiger partial charge in [-0.25, -0.2) is 4.39 Å². The molecule has 2 rings (SSSR count). The molecular weight excluding hydrogens is 229 g/mol. The van der Waals surface area contributed by atoms with Gasteiger partial charge in [0.05, 0.1) is 5.60 Å². The lowest BCUT2D eigenvalue weighted by Gasteiger charge is -2.32. The van der Waals surface area contributed by atoms with Gasteiger partial charge in [-0.2, -0.15) is 0 Å². The summed E-state index contributed by atoms with van der Waals surface area (Å²) in [4.78, 5) is 0. The van der Waals surface area contributed by atoms with Gasteiger partial charge in [0.15, 0.2) is 0 Å². The molecule has 0 unspecified atom stereocenters. The molecule has 1 aliphatic carbocycles. The molecule has 0 radical (unpaired) electrons. The molecule has 1 aromatic rings. The number of hydrogen-bond acceptors (Lipinski definition) is 2. The maximum atomic E-state index is 13.4. The Kier molecular flexibility index (Phi) is 4.36. The Bertz CT molecular complexity index is 399. The molecule has 1 aromatic carbocycles. The van der Waals surface area contributed by atoms with Crippen LogP contribution in [0, 0.1) is 12.7 Å². The summed E-state index contributed by atoms with van der Waals surface area (Å²) in [5.41, 5.74) is 1.05. The first-order chi connectivity index (χ1) is 8.59. The van der Waals surface area contributed by atoms with Crippen LogP contribution in [0.15, 0.2) is 18.2 Å². The lowest BCUT2D eigenvalue weighted by Crippen LogP contribution is -2.41. The zero-order valence-corrected chi connectivity index (χ0v) is 11.0. The largest absolute Gasteiger partial charge is 0.389 e. The highest BCUT2D eigenvalue weighted by atomic mass is 19.1. The lowest BCUT2D eigenvalue weighted by molar-refractivity contribution is 0.00467. The molecule has 1 saturated carbocycles. The van der Waals surface area contributed by atoms with Gasteiger partial charge in [-0.3, -0.25) is 0 Å². The summed E-state index contributed by atoms with van der Waals surface area (Å²) in [6.45, 7) is 2.97. The summed E-state index contributed by atoms with van der Waals surface area (Å²) in [5.74, 6) is -0.161. The van der Waals surface area contributed by atoms with Crippen LogP contribution in [0.3, 0.4) is 0 Å². The minimum atomic E-state index is -0.554. The highest BCUT2D eigenvalue weighted by molar-refractivity contribution is 5.23. The van der Waals surface area contributed by atoms with Gasteiger partial charge in [-0.1, -0.05) is 31.4 Å². The molecule has 0 aromatic heterocycles. The van der Waals surface area contributed by atoms with Crippen LogP contribution in [0.1, 0.15) is 43.2 Å². The first-order valence-electron chi connectivity index (χ1n) is 6.77. The Morgan fingerprint density at radius 1 is 1.28 bits per heavy atom. The summed E-state index contributed by atoms with van der Waals surface area (Å²) in [6, 6.07) is 5.28. The molecule has 18 heavy (non-hydrogen) atoms. The fourth-order valence-corrected chi connectivity index (χ4v) is 2.57. The second-order valence-electron chi connectivity index (χ2n) is 5.47. The number of benzene rings is 1. The van der Waals surface area contributed by atoms with Gasteiger partial charge in [-0.05, 0) is 37.0 Å². The Labute approximate surface area is 108 Å². The predicted molar refractivity (Wildman–Crippen MR) is 70.9 cm³/mol. The van der Waals surface area contributed by atoms with E-state index in [-0.39, 0.29) is 5.82 Å². The van der Waals surface area contributed by atoms with E-state index in [0.29, 0.717) is 18.7 Å². The molecule has 3 heteroatoms. The fourth-order valence-electron chi connectivity index (χ4n) is 2.57. The van der Waals surface area contributed by atoms with E-state index in [9.17, 15) is 9.50 Å². The van der Waals surface area contributed by atoms with Crippen LogP contribution >= 0.6 is 0 Å². The van der Waals surface area contributed by atoms with E-state index in [1.54, 1.807) is 19.1 Å². The zero-order valence-electron chi connectivity index (χ0n) is 11.0. The van der Waals surface area contributed by atoms with E-state index in [1.807, 2.05) is 6.07 Å². The van der Waals surface area contributed by atoms with Crippen LogP contribution < -0.4 is 5.32 Å². The summed E-state index contributed by atoms with van der Waals surface area (Å²) < 4.78 is 13.4. The van der Waals surface area contributed by atoms with E-state index in [0.717, 1.165) is 31.2 Å². The average Bonchev–Trinajstić information content (AvgIpc) is 2.34. The third kappa shape index (κ3) is 3.53. The minimum absolute atomic E-state index is 0.161. The van der Waals surface area contributed by atoms with Gasteiger partial charge in [0.2, 0.25) is 0 Å². The Balaban J connectivity index is 1.82. The van der Waals surface area contributed by atoms with Crippen LogP contribution in [0.4, 0.5) is 4.39 Å². The summed E-state index contributed by atoms with van der Waals surface area (Å²) >= 11 is 0. The van der Waals surface area contributed by atoms with Crippen molar-refractivity contribution in [2.24, 2.45) is 0 Å². The number of aliphatic hydroxyl groups is 1. The Morgan fingerprint density at radius 3 is 2.67 bits per heavy atom. The predicted octanol–water partition coefficient (Wildman–Crippen LogP) is 2.92. The third-order valence-electron chi connectivity index (χ3n) is 3.80. The van der Waals surface area contributed by atoms with Crippen LogP contribution in [0.2, 0.25) is 0 Å². The number of rotatable bonds is 4. The van der Waals surface area contributed by atoms with Crippen LogP contribution in [0.25, 0.3) is 0 Å². The molecule has 0 aliphatic heterocycles. The second kappa shape index (κ2) is 5.81. The van der Waals surface area contributed by atoms with Crippen molar-refractivity contribution in [3.63, 3.8) is 0 Å². The standard InChI is InChI=1S/C15H22FNO/c1-12-5-6-13(9-14(12)16)10-17-11-15(18)7-3-2-4-8-15/h5-6,9,17-18H,2-4,7-8,10-11H2,1H3. The molecule has 1 aliphatic rings. The molecule has 1 fully saturated rings.